The SMILES string of the molecule is Cn1c(-c2ccc3c(c2)OCCO3)nnc1N1CCN(C2CCCC2)CC1. The standard InChI is InChI=1S/C20H27N5O2/c1-23-19(15-6-7-17-18(14-15)27-13-12-26-17)21-22-20(23)25-10-8-24(9-11-25)16-4-2-3-5-16/h6-7,14,16H,2-5,8-13H2,1H3. The van der Waals surface area contributed by atoms with E-state index in [0.717, 1.165) is 61.1 Å². The minimum Gasteiger partial charge on any atom is -0.486 e. The van der Waals surface area contributed by atoms with Gasteiger partial charge in [-0.3, -0.25) is 9.47 Å². The van der Waals surface area contributed by atoms with E-state index in [2.05, 4.69) is 24.6 Å². The number of rotatable bonds is 3. The fourth-order valence-corrected chi connectivity index (χ4v) is 4.59. The smallest absolute Gasteiger partial charge is 0.227 e. The molecule has 0 unspecified atom stereocenters. The molecule has 144 valence electrons. The zero-order valence-corrected chi connectivity index (χ0v) is 15.9. The first-order valence-corrected chi connectivity index (χ1v) is 10.1. The molecule has 0 atom stereocenters. The lowest BCUT2D eigenvalue weighted by Gasteiger charge is -2.38. The van der Waals surface area contributed by atoms with Gasteiger partial charge >= 0.3 is 0 Å². The van der Waals surface area contributed by atoms with Crippen LogP contribution in [0.25, 0.3) is 11.4 Å². The van der Waals surface area contributed by atoms with Gasteiger partial charge in [0.2, 0.25) is 5.95 Å². The highest BCUT2D eigenvalue weighted by Gasteiger charge is 2.28. The first kappa shape index (κ1) is 16.9. The number of fused-ring (bicyclic) bond motifs is 1. The summed E-state index contributed by atoms with van der Waals surface area (Å²) in [6.45, 7) is 5.47. The van der Waals surface area contributed by atoms with Crippen LogP contribution in [-0.4, -0.2) is 65.1 Å². The molecule has 5 rings (SSSR count). The quantitative estimate of drug-likeness (QED) is 0.828. The van der Waals surface area contributed by atoms with Crippen molar-refractivity contribution >= 4 is 5.95 Å². The van der Waals surface area contributed by atoms with E-state index in [1.807, 2.05) is 25.2 Å². The van der Waals surface area contributed by atoms with E-state index >= 15 is 0 Å². The first-order valence-electron chi connectivity index (χ1n) is 10.1. The normalized spacial score (nSPS) is 21.0. The van der Waals surface area contributed by atoms with Gasteiger partial charge in [-0.2, -0.15) is 0 Å². The van der Waals surface area contributed by atoms with Crippen molar-refractivity contribution in [1.82, 2.24) is 19.7 Å². The van der Waals surface area contributed by atoms with E-state index in [4.69, 9.17) is 9.47 Å². The maximum Gasteiger partial charge on any atom is 0.227 e. The van der Waals surface area contributed by atoms with Crippen LogP contribution in [0.4, 0.5) is 5.95 Å². The van der Waals surface area contributed by atoms with Gasteiger partial charge in [0.15, 0.2) is 17.3 Å². The van der Waals surface area contributed by atoms with Crippen LogP contribution in [0.2, 0.25) is 0 Å². The van der Waals surface area contributed by atoms with E-state index in [0.29, 0.717) is 13.2 Å². The molecule has 1 saturated heterocycles. The molecular formula is C20H27N5O2. The Balaban J connectivity index is 1.32. The fraction of sp³-hybridized carbons (Fsp3) is 0.600. The van der Waals surface area contributed by atoms with Gasteiger partial charge < -0.3 is 14.4 Å². The predicted octanol–water partition coefficient (Wildman–Crippen LogP) is 2.32. The highest BCUT2D eigenvalue weighted by molar-refractivity contribution is 5.63. The molecule has 1 saturated carbocycles. The van der Waals surface area contributed by atoms with Crippen LogP contribution in [0.5, 0.6) is 11.5 Å². The predicted molar refractivity (Wildman–Crippen MR) is 103 cm³/mol. The van der Waals surface area contributed by atoms with E-state index in [9.17, 15) is 0 Å². The summed E-state index contributed by atoms with van der Waals surface area (Å²) in [5.74, 6) is 3.40. The Kier molecular flexibility index (Phi) is 4.39. The molecule has 0 radical (unpaired) electrons. The van der Waals surface area contributed by atoms with Gasteiger partial charge in [-0.15, -0.1) is 10.2 Å². The zero-order valence-electron chi connectivity index (χ0n) is 15.9. The number of ether oxygens (including phenoxy) is 2. The van der Waals surface area contributed by atoms with Crippen LogP contribution in [0.3, 0.4) is 0 Å². The summed E-state index contributed by atoms with van der Waals surface area (Å²) in [4.78, 5) is 5.03. The Labute approximate surface area is 159 Å². The second kappa shape index (κ2) is 7.03. The molecule has 0 bridgehead atoms. The highest BCUT2D eigenvalue weighted by atomic mass is 16.6. The topological polar surface area (TPSA) is 55.7 Å². The van der Waals surface area contributed by atoms with Crippen LogP contribution in [0.15, 0.2) is 18.2 Å². The van der Waals surface area contributed by atoms with Crippen molar-refractivity contribution < 1.29 is 9.47 Å². The fourth-order valence-electron chi connectivity index (χ4n) is 4.59. The average molecular weight is 369 g/mol. The third kappa shape index (κ3) is 3.14. The maximum absolute atomic E-state index is 5.71. The molecule has 1 aromatic heterocycles. The van der Waals surface area contributed by atoms with Crippen molar-refractivity contribution in [3.8, 4) is 22.9 Å². The molecule has 0 N–H and O–H groups in total. The van der Waals surface area contributed by atoms with E-state index in [1.165, 1.54) is 25.7 Å². The molecule has 1 aliphatic carbocycles. The Morgan fingerprint density at radius 1 is 0.926 bits per heavy atom. The van der Waals surface area contributed by atoms with Gasteiger partial charge in [-0.1, -0.05) is 12.8 Å². The molecule has 2 fully saturated rings. The van der Waals surface area contributed by atoms with Crippen LogP contribution in [0, 0.1) is 0 Å². The van der Waals surface area contributed by atoms with Crippen molar-refractivity contribution in [2.24, 2.45) is 7.05 Å². The monoisotopic (exact) mass is 369 g/mol. The van der Waals surface area contributed by atoms with Crippen molar-refractivity contribution in [2.75, 3.05) is 44.3 Å². The summed E-state index contributed by atoms with van der Waals surface area (Å²) in [6.07, 6.45) is 5.54. The zero-order chi connectivity index (χ0) is 18.2. The minimum absolute atomic E-state index is 0.589. The summed E-state index contributed by atoms with van der Waals surface area (Å²) < 4.78 is 13.4. The van der Waals surface area contributed by atoms with Crippen LogP contribution in [0.1, 0.15) is 25.7 Å². The summed E-state index contributed by atoms with van der Waals surface area (Å²) in [7, 11) is 2.05. The highest BCUT2D eigenvalue weighted by Crippen LogP contribution is 2.34. The number of hydrogen-bond acceptors (Lipinski definition) is 6. The van der Waals surface area contributed by atoms with Crippen molar-refractivity contribution in [3.05, 3.63) is 18.2 Å². The minimum atomic E-state index is 0.589. The average Bonchev–Trinajstić information content (AvgIpc) is 3.38. The molecular weight excluding hydrogens is 342 g/mol. The molecule has 1 aromatic carbocycles. The lowest BCUT2D eigenvalue weighted by molar-refractivity contribution is 0.171. The van der Waals surface area contributed by atoms with E-state index in [-0.39, 0.29) is 0 Å². The number of benzene rings is 1. The lowest BCUT2D eigenvalue weighted by atomic mass is 10.2. The van der Waals surface area contributed by atoms with Gasteiger partial charge in [-0.05, 0) is 31.0 Å². The summed E-state index contributed by atoms with van der Waals surface area (Å²) in [5.41, 5.74) is 1.00. The van der Waals surface area contributed by atoms with Crippen LogP contribution < -0.4 is 14.4 Å². The largest absolute Gasteiger partial charge is 0.486 e. The van der Waals surface area contributed by atoms with Crippen molar-refractivity contribution in [1.29, 1.82) is 0 Å². The molecule has 0 amide bonds. The number of nitrogens with zero attached hydrogens (tertiary/aromatic N) is 5. The van der Waals surface area contributed by atoms with Gasteiger partial charge in [0.05, 0.1) is 0 Å². The van der Waals surface area contributed by atoms with Crippen LogP contribution in [-0.2, 0) is 7.05 Å². The molecule has 3 aliphatic rings. The van der Waals surface area contributed by atoms with E-state index in [1.54, 1.807) is 0 Å². The van der Waals surface area contributed by atoms with Crippen molar-refractivity contribution in [3.63, 3.8) is 0 Å². The Morgan fingerprint density at radius 2 is 1.67 bits per heavy atom. The third-order valence-electron chi connectivity index (χ3n) is 6.09. The summed E-state index contributed by atoms with van der Waals surface area (Å²) >= 11 is 0. The first-order chi connectivity index (χ1) is 13.3. The molecule has 27 heavy (non-hydrogen) atoms. The Hall–Kier alpha value is -2.28. The maximum atomic E-state index is 5.71. The van der Waals surface area contributed by atoms with Crippen LogP contribution >= 0.6 is 0 Å². The molecule has 2 aliphatic heterocycles. The number of piperazine rings is 1. The summed E-state index contributed by atoms with van der Waals surface area (Å²) in [6, 6.07) is 6.79. The molecule has 3 heterocycles. The number of hydrogen-bond donors (Lipinski definition) is 0. The number of aromatic nitrogens is 3. The van der Waals surface area contributed by atoms with Gasteiger partial charge in [0, 0.05) is 44.8 Å². The second-order valence-corrected chi connectivity index (χ2v) is 7.70. The molecule has 7 nitrogen and oxygen atoms in total. The van der Waals surface area contributed by atoms with Gasteiger partial charge in [0.25, 0.3) is 0 Å². The Morgan fingerprint density at radius 3 is 2.44 bits per heavy atom. The third-order valence-corrected chi connectivity index (χ3v) is 6.09. The lowest BCUT2D eigenvalue weighted by Crippen LogP contribution is -2.50. The molecule has 0 spiro atoms. The van der Waals surface area contributed by atoms with Crippen molar-refractivity contribution in [2.45, 2.75) is 31.7 Å². The molecule has 7 heteroatoms. The van der Waals surface area contributed by atoms with Gasteiger partial charge in [0.1, 0.15) is 13.2 Å². The summed E-state index contributed by atoms with van der Waals surface area (Å²) in [5, 5.41) is 8.97. The Bertz CT molecular complexity index is 807. The van der Waals surface area contributed by atoms with Gasteiger partial charge in [-0.25, -0.2) is 0 Å². The van der Waals surface area contributed by atoms with E-state index < -0.39 is 0 Å². The number of anilines is 1. The second-order valence-electron chi connectivity index (χ2n) is 7.70. The molecule has 2 aromatic rings.